The number of aromatic amines is 1. The Labute approximate surface area is 216 Å². The predicted octanol–water partition coefficient (Wildman–Crippen LogP) is 4.35. The zero-order chi connectivity index (χ0) is 26.6. The molecule has 2 amide bonds. The number of piperazine rings is 1. The van der Waals surface area contributed by atoms with Crippen LogP contribution in [0.5, 0.6) is 5.75 Å². The Morgan fingerprint density at radius 1 is 1.11 bits per heavy atom. The van der Waals surface area contributed by atoms with Gasteiger partial charge in [0.25, 0.3) is 5.91 Å². The lowest BCUT2D eigenvalue weighted by molar-refractivity contribution is -0.133. The van der Waals surface area contributed by atoms with Crippen LogP contribution in [0.15, 0.2) is 48.7 Å². The van der Waals surface area contributed by atoms with Crippen molar-refractivity contribution in [3.05, 3.63) is 59.8 Å². The van der Waals surface area contributed by atoms with Gasteiger partial charge >= 0.3 is 6.09 Å². The molecule has 2 heterocycles. The number of H-pyrrole nitrogens is 1. The van der Waals surface area contributed by atoms with Crippen molar-refractivity contribution in [3.63, 3.8) is 0 Å². The summed E-state index contributed by atoms with van der Waals surface area (Å²) in [6.45, 7) is 9.97. The number of carbonyl (C=O) groups is 2. The standard InChI is InChI=1S/C28H33N5O4/c1-19(31-27(35)37-28(2,3)4)24-17-30-25-10-9-22(15-23(24)25)36-18-26(34)33-13-11-32(12-14-33)21-7-5-20(16-29)6-8-21/h5-10,15,17,19,30H,11-14,18H2,1-4H3,(H,31,35). The number of nitrogens with zero attached hydrogens (tertiary/aromatic N) is 3. The van der Waals surface area contributed by atoms with Gasteiger partial charge in [0.05, 0.1) is 17.7 Å². The van der Waals surface area contributed by atoms with Crippen LogP contribution < -0.4 is 15.0 Å². The van der Waals surface area contributed by atoms with Gasteiger partial charge in [-0.1, -0.05) is 0 Å². The first-order valence-electron chi connectivity index (χ1n) is 12.4. The highest BCUT2D eigenvalue weighted by Crippen LogP contribution is 2.28. The number of alkyl carbamates (subject to hydrolysis) is 1. The summed E-state index contributed by atoms with van der Waals surface area (Å²) in [5.41, 5.74) is 2.91. The number of rotatable bonds is 6. The van der Waals surface area contributed by atoms with E-state index >= 15 is 0 Å². The summed E-state index contributed by atoms with van der Waals surface area (Å²) in [4.78, 5) is 32.2. The van der Waals surface area contributed by atoms with Crippen molar-refractivity contribution >= 4 is 28.6 Å². The molecule has 0 aliphatic carbocycles. The van der Waals surface area contributed by atoms with Crippen molar-refractivity contribution in [2.75, 3.05) is 37.7 Å². The molecule has 0 saturated carbocycles. The van der Waals surface area contributed by atoms with Gasteiger partial charge in [-0.15, -0.1) is 0 Å². The first-order valence-corrected chi connectivity index (χ1v) is 12.4. The lowest BCUT2D eigenvalue weighted by atomic mass is 10.1. The van der Waals surface area contributed by atoms with Crippen LogP contribution in [0.3, 0.4) is 0 Å². The van der Waals surface area contributed by atoms with Gasteiger partial charge in [0.15, 0.2) is 6.61 Å². The highest BCUT2D eigenvalue weighted by atomic mass is 16.6. The number of ether oxygens (including phenoxy) is 2. The normalized spacial score (nSPS) is 14.7. The number of hydrogen-bond donors (Lipinski definition) is 2. The molecule has 0 bridgehead atoms. The van der Waals surface area contributed by atoms with E-state index in [-0.39, 0.29) is 18.6 Å². The van der Waals surface area contributed by atoms with Gasteiger partial charge in [-0.3, -0.25) is 4.79 Å². The average molecular weight is 504 g/mol. The third-order valence-corrected chi connectivity index (χ3v) is 6.24. The van der Waals surface area contributed by atoms with E-state index in [1.165, 1.54) is 0 Å². The van der Waals surface area contributed by atoms with E-state index < -0.39 is 11.7 Å². The Morgan fingerprint density at radius 3 is 2.46 bits per heavy atom. The number of benzene rings is 2. The van der Waals surface area contributed by atoms with E-state index in [1.54, 1.807) is 0 Å². The lowest BCUT2D eigenvalue weighted by Crippen LogP contribution is -2.50. The third kappa shape index (κ3) is 6.53. The molecule has 9 heteroatoms. The topological polar surface area (TPSA) is 111 Å². The van der Waals surface area contributed by atoms with E-state index in [0.29, 0.717) is 24.4 Å². The second-order valence-corrected chi connectivity index (χ2v) is 10.1. The highest BCUT2D eigenvalue weighted by molar-refractivity contribution is 5.86. The van der Waals surface area contributed by atoms with Crippen LogP contribution in [-0.2, 0) is 9.53 Å². The van der Waals surface area contributed by atoms with Gasteiger partial charge in [0.2, 0.25) is 0 Å². The summed E-state index contributed by atoms with van der Waals surface area (Å²) in [6, 6.07) is 14.9. The molecule has 4 rings (SSSR count). The van der Waals surface area contributed by atoms with Crippen molar-refractivity contribution in [1.82, 2.24) is 15.2 Å². The molecule has 2 N–H and O–H groups in total. The third-order valence-electron chi connectivity index (χ3n) is 6.24. The number of fused-ring (bicyclic) bond motifs is 1. The molecule has 1 aliphatic heterocycles. The van der Waals surface area contributed by atoms with Crippen molar-refractivity contribution in [3.8, 4) is 11.8 Å². The number of amides is 2. The number of nitrogens with one attached hydrogen (secondary N) is 2. The Balaban J connectivity index is 1.32. The number of aromatic nitrogens is 1. The Morgan fingerprint density at radius 2 is 1.81 bits per heavy atom. The van der Waals surface area contributed by atoms with Gasteiger partial charge in [0, 0.05) is 49.0 Å². The van der Waals surface area contributed by atoms with E-state index in [2.05, 4.69) is 21.3 Å². The molecule has 0 radical (unpaired) electrons. The average Bonchev–Trinajstić information content (AvgIpc) is 3.30. The fraction of sp³-hybridized carbons (Fsp3) is 0.393. The zero-order valence-electron chi connectivity index (χ0n) is 21.7. The quantitative estimate of drug-likeness (QED) is 0.517. The molecule has 1 atom stereocenters. The molecule has 0 spiro atoms. The molecular formula is C28H33N5O4. The van der Waals surface area contributed by atoms with Crippen molar-refractivity contribution < 1.29 is 19.1 Å². The summed E-state index contributed by atoms with van der Waals surface area (Å²) in [6.07, 6.45) is 1.38. The Bertz CT molecular complexity index is 1290. The zero-order valence-corrected chi connectivity index (χ0v) is 21.7. The van der Waals surface area contributed by atoms with Gasteiger partial charge in [-0.05, 0) is 75.7 Å². The van der Waals surface area contributed by atoms with Crippen LogP contribution in [0, 0.1) is 11.3 Å². The molecule has 1 unspecified atom stereocenters. The summed E-state index contributed by atoms with van der Waals surface area (Å²) in [7, 11) is 0. The second-order valence-electron chi connectivity index (χ2n) is 10.1. The number of nitriles is 1. The highest BCUT2D eigenvalue weighted by Gasteiger charge is 2.23. The van der Waals surface area contributed by atoms with Crippen LogP contribution in [-0.4, -0.2) is 60.3 Å². The maximum Gasteiger partial charge on any atom is 0.408 e. The van der Waals surface area contributed by atoms with E-state index in [0.717, 1.165) is 35.2 Å². The van der Waals surface area contributed by atoms with Gasteiger partial charge < -0.3 is 29.6 Å². The predicted molar refractivity (Wildman–Crippen MR) is 142 cm³/mol. The molecule has 37 heavy (non-hydrogen) atoms. The summed E-state index contributed by atoms with van der Waals surface area (Å²) in [5.74, 6) is 0.524. The fourth-order valence-electron chi connectivity index (χ4n) is 4.33. The van der Waals surface area contributed by atoms with Crippen LogP contribution in [0.2, 0.25) is 0 Å². The first-order chi connectivity index (χ1) is 17.6. The minimum atomic E-state index is -0.576. The minimum Gasteiger partial charge on any atom is -0.484 e. The summed E-state index contributed by atoms with van der Waals surface area (Å²) >= 11 is 0. The van der Waals surface area contributed by atoms with Gasteiger partial charge in [0.1, 0.15) is 11.4 Å². The van der Waals surface area contributed by atoms with Gasteiger partial charge in [-0.2, -0.15) is 5.26 Å². The largest absolute Gasteiger partial charge is 0.484 e. The molecule has 1 saturated heterocycles. The maximum absolute atomic E-state index is 12.8. The fourth-order valence-corrected chi connectivity index (χ4v) is 4.33. The molecule has 1 aliphatic rings. The molecule has 9 nitrogen and oxygen atoms in total. The minimum absolute atomic E-state index is 0.0478. The molecule has 1 aromatic heterocycles. The van der Waals surface area contributed by atoms with E-state index in [1.807, 2.05) is 81.3 Å². The van der Waals surface area contributed by atoms with Crippen LogP contribution in [0.4, 0.5) is 10.5 Å². The van der Waals surface area contributed by atoms with Crippen LogP contribution in [0.1, 0.15) is 44.9 Å². The Kier molecular flexibility index (Phi) is 7.58. The SMILES string of the molecule is CC(NC(=O)OC(C)(C)C)c1c[nH]c2ccc(OCC(=O)N3CCN(c4ccc(C#N)cc4)CC3)cc12. The molecule has 1 fully saturated rings. The number of anilines is 1. The van der Waals surface area contributed by atoms with Crippen molar-refractivity contribution in [2.24, 2.45) is 0 Å². The molecule has 2 aromatic carbocycles. The number of hydrogen-bond acceptors (Lipinski definition) is 6. The summed E-state index contributed by atoms with van der Waals surface area (Å²) < 4.78 is 11.2. The smallest absolute Gasteiger partial charge is 0.408 e. The summed E-state index contributed by atoms with van der Waals surface area (Å²) in [5, 5.41) is 12.7. The maximum atomic E-state index is 12.8. The Hall–Kier alpha value is -4.19. The second kappa shape index (κ2) is 10.8. The van der Waals surface area contributed by atoms with Crippen molar-refractivity contribution in [2.45, 2.75) is 39.3 Å². The van der Waals surface area contributed by atoms with E-state index in [9.17, 15) is 9.59 Å². The van der Waals surface area contributed by atoms with Gasteiger partial charge in [-0.25, -0.2) is 4.79 Å². The molecular weight excluding hydrogens is 470 g/mol. The first kappa shape index (κ1) is 25.9. The van der Waals surface area contributed by atoms with Crippen LogP contribution in [0.25, 0.3) is 10.9 Å². The van der Waals surface area contributed by atoms with Crippen LogP contribution >= 0.6 is 0 Å². The monoisotopic (exact) mass is 503 g/mol. The van der Waals surface area contributed by atoms with E-state index in [4.69, 9.17) is 14.7 Å². The number of carbonyl (C=O) groups excluding carboxylic acids is 2. The molecule has 3 aromatic rings. The molecule has 194 valence electrons. The lowest BCUT2D eigenvalue weighted by Gasteiger charge is -2.36. The van der Waals surface area contributed by atoms with Crippen molar-refractivity contribution in [1.29, 1.82) is 5.26 Å².